The summed E-state index contributed by atoms with van der Waals surface area (Å²) in [6.45, 7) is 11.7. The van der Waals surface area contributed by atoms with Crippen LogP contribution in [-0.2, 0) is 0 Å². The van der Waals surface area contributed by atoms with Gasteiger partial charge in [-0.25, -0.2) is 0 Å². The summed E-state index contributed by atoms with van der Waals surface area (Å²) in [5, 5.41) is 0. The van der Waals surface area contributed by atoms with Crippen molar-refractivity contribution in [2.24, 2.45) is 0 Å². The van der Waals surface area contributed by atoms with Crippen LogP contribution in [0, 0.1) is 0 Å². The van der Waals surface area contributed by atoms with Crippen molar-refractivity contribution in [3.05, 3.63) is 0 Å². The van der Waals surface area contributed by atoms with Crippen LogP contribution in [0.25, 0.3) is 0 Å². The first-order valence-corrected chi connectivity index (χ1v) is 6.93. The molecule has 0 aromatic heterocycles. The van der Waals surface area contributed by atoms with E-state index in [4.69, 9.17) is 0 Å². The Kier molecular flexibility index (Phi) is 6.93. The number of hydrogen-bond acceptors (Lipinski definition) is 2. The van der Waals surface area contributed by atoms with Gasteiger partial charge in [-0.1, -0.05) is 27.7 Å². The highest BCUT2D eigenvalue weighted by molar-refractivity contribution is 7.56. The first kappa shape index (κ1) is 14.3. The molecule has 0 amide bonds. The normalized spacial score (nSPS) is 12.9. The minimum absolute atomic E-state index is 0.0361. The van der Waals surface area contributed by atoms with Gasteiger partial charge in [0, 0.05) is 13.1 Å². The van der Waals surface area contributed by atoms with E-state index in [0.29, 0.717) is 0 Å². The molecular weight excluding hydrogens is 191 g/mol. The van der Waals surface area contributed by atoms with Crippen molar-refractivity contribution in [2.75, 3.05) is 34.2 Å². The molecule has 0 rings (SSSR count). The third-order valence-corrected chi connectivity index (χ3v) is 5.43. The average Bonchev–Trinajstić information content (AvgIpc) is 1.99. The zero-order valence-electron chi connectivity index (χ0n) is 10.9. The van der Waals surface area contributed by atoms with Gasteiger partial charge >= 0.3 is 0 Å². The highest BCUT2D eigenvalue weighted by atomic mass is 31.1. The molecule has 0 fully saturated rings. The molecule has 14 heavy (non-hydrogen) atoms. The molecule has 0 saturated carbocycles. The Balaban J connectivity index is 4.09. The maximum absolute atomic E-state index is 2.56. The van der Waals surface area contributed by atoms with Crippen molar-refractivity contribution < 1.29 is 0 Å². The molecule has 0 N–H and O–H groups in total. The Morgan fingerprint density at radius 3 is 1.57 bits per heavy atom. The van der Waals surface area contributed by atoms with Crippen LogP contribution in [0.1, 0.15) is 27.7 Å². The van der Waals surface area contributed by atoms with Crippen molar-refractivity contribution in [1.29, 1.82) is 0 Å². The van der Waals surface area contributed by atoms with Crippen molar-refractivity contribution in [1.82, 2.24) is 9.57 Å². The summed E-state index contributed by atoms with van der Waals surface area (Å²) in [6, 6.07) is 0. The van der Waals surface area contributed by atoms with Crippen LogP contribution < -0.4 is 0 Å². The fourth-order valence-electron chi connectivity index (χ4n) is 1.84. The summed E-state index contributed by atoms with van der Waals surface area (Å²) in [4.78, 5) is 2.25. The molecule has 2 nitrogen and oxygen atoms in total. The van der Waals surface area contributed by atoms with Crippen LogP contribution in [0.15, 0.2) is 0 Å². The number of hydrogen-bond donors (Lipinski definition) is 0. The average molecular weight is 218 g/mol. The highest BCUT2D eigenvalue weighted by Crippen LogP contribution is 2.48. The third kappa shape index (κ3) is 5.29. The molecule has 0 spiro atoms. The first-order chi connectivity index (χ1) is 6.36. The van der Waals surface area contributed by atoms with Gasteiger partial charge in [0.1, 0.15) is 0 Å². The summed E-state index contributed by atoms with van der Waals surface area (Å²) in [5.74, 6) is 0. The molecule has 0 aliphatic carbocycles. The van der Waals surface area contributed by atoms with E-state index in [-0.39, 0.29) is 8.07 Å². The number of nitrogens with zero attached hydrogens (tertiary/aromatic N) is 2. The lowest BCUT2D eigenvalue weighted by Crippen LogP contribution is -2.29. The van der Waals surface area contributed by atoms with Gasteiger partial charge in [-0.2, -0.15) is 0 Å². The van der Waals surface area contributed by atoms with E-state index >= 15 is 0 Å². The van der Waals surface area contributed by atoms with Crippen LogP contribution in [0.5, 0.6) is 0 Å². The summed E-state index contributed by atoms with van der Waals surface area (Å²) in [6.07, 6.45) is 0. The smallest absolute Gasteiger partial charge is 0.0146 e. The van der Waals surface area contributed by atoms with Crippen LogP contribution in [0.3, 0.4) is 0 Å². The Morgan fingerprint density at radius 2 is 1.29 bits per heavy atom. The Labute approximate surface area is 91.5 Å². The van der Waals surface area contributed by atoms with Crippen molar-refractivity contribution in [2.45, 2.75) is 39.0 Å². The summed E-state index contributed by atoms with van der Waals surface area (Å²) in [5.41, 5.74) is 1.61. The maximum Gasteiger partial charge on any atom is 0.0146 e. The van der Waals surface area contributed by atoms with Gasteiger partial charge in [0.2, 0.25) is 0 Å². The predicted molar refractivity (Wildman–Crippen MR) is 68.4 cm³/mol. The highest BCUT2D eigenvalue weighted by Gasteiger charge is 2.21. The lowest BCUT2D eigenvalue weighted by atomic mass is 10.5. The molecule has 0 bridgehead atoms. The van der Waals surface area contributed by atoms with Gasteiger partial charge in [0.15, 0.2) is 0 Å². The zero-order valence-corrected chi connectivity index (χ0v) is 11.8. The Hall–Kier alpha value is 0.350. The van der Waals surface area contributed by atoms with E-state index in [9.17, 15) is 0 Å². The fourth-order valence-corrected chi connectivity index (χ4v) is 4.93. The molecule has 86 valence electrons. The summed E-state index contributed by atoms with van der Waals surface area (Å²) < 4.78 is 2.56. The van der Waals surface area contributed by atoms with Gasteiger partial charge in [-0.05, 0) is 40.5 Å². The van der Waals surface area contributed by atoms with E-state index in [1.165, 1.54) is 6.54 Å². The van der Waals surface area contributed by atoms with E-state index in [1.54, 1.807) is 0 Å². The zero-order chi connectivity index (χ0) is 11.3. The minimum atomic E-state index is 0.0361. The standard InChI is InChI=1S/C11H27N2P/c1-10(2)14(11(3)4)13(7)9-8-12(5)6/h10-11H,8-9H2,1-7H3. The molecule has 0 unspecified atom stereocenters. The molecule has 3 heteroatoms. The molecule has 0 atom stereocenters. The number of rotatable bonds is 6. The van der Waals surface area contributed by atoms with Crippen LogP contribution in [0.2, 0.25) is 0 Å². The molecule has 0 radical (unpaired) electrons. The molecule has 0 saturated heterocycles. The molecular formula is C11H27N2P. The lowest BCUT2D eigenvalue weighted by Gasteiger charge is -2.35. The monoisotopic (exact) mass is 218 g/mol. The van der Waals surface area contributed by atoms with E-state index in [0.717, 1.165) is 17.9 Å². The lowest BCUT2D eigenvalue weighted by molar-refractivity contribution is 0.366. The second-order valence-electron chi connectivity index (χ2n) is 4.75. The van der Waals surface area contributed by atoms with Gasteiger partial charge in [-0.3, -0.25) is 4.67 Å². The van der Waals surface area contributed by atoms with Crippen LogP contribution in [-0.4, -0.2) is 55.1 Å². The van der Waals surface area contributed by atoms with Crippen molar-refractivity contribution >= 4 is 8.07 Å². The second-order valence-corrected chi connectivity index (χ2v) is 8.26. The van der Waals surface area contributed by atoms with Gasteiger partial charge in [0.25, 0.3) is 0 Å². The van der Waals surface area contributed by atoms with E-state index < -0.39 is 0 Å². The largest absolute Gasteiger partial charge is 0.308 e. The van der Waals surface area contributed by atoms with E-state index in [2.05, 4.69) is 58.4 Å². The van der Waals surface area contributed by atoms with Gasteiger partial charge in [0.05, 0.1) is 0 Å². The number of likely N-dealkylation sites (N-methyl/N-ethyl adjacent to an activating group) is 2. The van der Waals surface area contributed by atoms with E-state index in [1.807, 2.05) is 0 Å². The summed E-state index contributed by atoms with van der Waals surface area (Å²) in [7, 11) is 6.59. The third-order valence-electron chi connectivity index (χ3n) is 2.32. The van der Waals surface area contributed by atoms with Crippen molar-refractivity contribution in [3.63, 3.8) is 0 Å². The van der Waals surface area contributed by atoms with Crippen LogP contribution >= 0.6 is 8.07 Å². The molecule has 0 aromatic carbocycles. The molecule has 0 aliphatic heterocycles. The molecule has 0 heterocycles. The predicted octanol–water partition coefficient (Wildman–Crippen LogP) is 2.69. The minimum Gasteiger partial charge on any atom is -0.308 e. The fraction of sp³-hybridized carbons (Fsp3) is 1.00. The quantitative estimate of drug-likeness (QED) is 0.632. The SMILES string of the molecule is CC(C)P(C(C)C)N(C)CCN(C)C. The topological polar surface area (TPSA) is 6.48 Å². The molecule has 0 aromatic rings. The molecule has 0 aliphatic rings. The summed E-state index contributed by atoms with van der Waals surface area (Å²) >= 11 is 0. The Bertz CT molecular complexity index is 138. The van der Waals surface area contributed by atoms with Gasteiger partial charge < -0.3 is 4.90 Å². The maximum atomic E-state index is 2.56. The second kappa shape index (κ2) is 6.76. The van der Waals surface area contributed by atoms with Crippen molar-refractivity contribution in [3.8, 4) is 0 Å². The van der Waals surface area contributed by atoms with Crippen LogP contribution in [0.4, 0.5) is 0 Å². The first-order valence-electron chi connectivity index (χ1n) is 5.50. The Morgan fingerprint density at radius 1 is 0.857 bits per heavy atom. The van der Waals surface area contributed by atoms with Gasteiger partial charge in [-0.15, -0.1) is 0 Å².